The van der Waals surface area contributed by atoms with Crippen LogP contribution in [0.25, 0.3) is 0 Å². The van der Waals surface area contributed by atoms with E-state index in [-0.39, 0.29) is 83.9 Å². The van der Waals surface area contributed by atoms with Crippen LogP contribution < -0.4 is 0 Å². The van der Waals surface area contributed by atoms with Crippen molar-refractivity contribution in [1.82, 2.24) is 0 Å². The van der Waals surface area contributed by atoms with Gasteiger partial charge in [-0.15, -0.1) is 0 Å². The molecular weight excluding hydrogens is 1260 g/mol. The van der Waals surface area contributed by atoms with Crippen LogP contribution in [0.4, 0.5) is 0 Å². The van der Waals surface area contributed by atoms with Crippen molar-refractivity contribution in [3.63, 3.8) is 0 Å². The number of hydrogen-bond acceptors (Lipinski definition) is 24. The fourth-order valence-corrected chi connectivity index (χ4v) is 14.9. The minimum atomic E-state index is -1.45. The molecule has 8 aliphatic rings. The molecule has 24 heteroatoms. The van der Waals surface area contributed by atoms with Crippen molar-refractivity contribution in [2.45, 2.75) is 317 Å². The maximum atomic E-state index is 12.5. The van der Waals surface area contributed by atoms with Crippen LogP contribution in [-0.4, -0.2) is 253 Å². The number of aliphatic hydroxyl groups excluding tert-OH is 16. The highest BCUT2D eigenvalue weighted by Gasteiger charge is 2.51. The number of carbonyl (C=O) groups excluding carboxylic acids is 4. The molecule has 0 aromatic rings. The fourth-order valence-electron chi connectivity index (χ4n) is 14.9. The summed E-state index contributed by atoms with van der Waals surface area (Å²) in [6, 6.07) is 0. The number of carbonyl (C=O) groups is 4. The van der Waals surface area contributed by atoms with Crippen molar-refractivity contribution >= 4 is 23.1 Å². The Labute approximate surface area is 578 Å². The summed E-state index contributed by atoms with van der Waals surface area (Å²) in [6.45, 7) is 14.7. The Morgan fingerprint density at radius 2 is 0.454 bits per heavy atom. The number of Topliss-reactive ketones (excluding diaryl/α,β-unsaturated/α-hetero) is 4. The molecule has 0 amide bonds. The lowest BCUT2D eigenvalue weighted by Gasteiger charge is -2.42. The van der Waals surface area contributed by atoms with Crippen LogP contribution >= 0.6 is 0 Å². The van der Waals surface area contributed by atoms with Gasteiger partial charge in [0.1, 0.15) is 122 Å². The van der Waals surface area contributed by atoms with Crippen molar-refractivity contribution in [1.29, 1.82) is 0 Å². The van der Waals surface area contributed by atoms with Gasteiger partial charge in [-0.3, -0.25) is 19.2 Å². The van der Waals surface area contributed by atoms with E-state index in [9.17, 15) is 101 Å². The first-order valence-corrected chi connectivity index (χ1v) is 34.0. The topological polar surface area (TPSA) is 429 Å². The summed E-state index contributed by atoms with van der Waals surface area (Å²) in [7, 11) is 0. The quantitative estimate of drug-likeness (QED) is 0.0822. The third-order valence-corrected chi connectivity index (χ3v) is 20.4. The smallest absolute Gasteiger partial charge is 0.161 e. The third-order valence-electron chi connectivity index (χ3n) is 20.4. The molecule has 24 nitrogen and oxygen atoms in total. The number of aliphatic hydroxyl groups is 16. The van der Waals surface area contributed by atoms with Crippen LogP contribution in [0.3, 0.4) is 0 Å². The summed E-state index contributed by atoms with van der Waals surface area (Å²) in [4.78, 5) is 50.0. The van der Waals surface area contributed by atoms with Gasteiger partial charge in [0, 0.05) is 48.0 Å². The van der Waals surface area contributed by atoms with Crippen molar-refractivity contribution in [3.8, 4) is 0 Å². The van der Waals surface area contributed by atoms with Crippen molar-refractivity contribution in [2.75, 3.05) is 26.4 Å². The van der Waals surface area contributed by atoms with Gasteiger partial charge in [-0.25, -0.2) is 0 Å². The first kappa shape index (κ1) is 93.8. The van der Waals surface area contributed by atoms with Crippen LogP contribution in [0.5, 0.6) is 0 Å². The molecule has 4 aliphatic carbocycles. The molecular formula is C73H132O24. The van der Waals surface area contributed by atoms with Crippen LogP contribution in [0, 0.1) is 47.3 Å². The van der Waals surface area contributed by atoms with Gasteiger partial charge in [0.2, 0.25) is 0 Å². The van der Waals surface area contributed by atoms with Crippen LogP contribution in [0.15, 0.2) is 46.6 Å². The molecule has 8 rings (SSSR count). The Balaban J connectivity index is 0.00000125. The number of ether oxygens (including phenoxy) is 4. The molecule has 0 aromatic heterocycles. The predicted octanol–water partition coefficient (Wildman–Crippen LogP) is 3.86. The Kier molecular flexibility index (Phi) is 42.9. The molecule has 0 bridgehead atoms. The van der Waals surface area contributed by atoms with E-state index in [1.54, 1.807) is 0 Å². The molecule has 28 atom stereocenters. The zero-order chi connectivity index (χ0) is 68.6. The molecule has 4 aliphatic heterocycles. The van der Waals surface area contributed by atoms with E-state index in [1.807, 2.05) is 24.3 Å². The summed E-state index contributed by atoms with van der Waals surface area (Å²) in [6.07, 6.45) is -4.34. The molecule has 0 saturated carbocycles. The lowest BCUT2D eigenvalue weighted by Crippen LogP contribution is -2.59. The highest BCUT2D eigenvalue weighted by atomic mass is 16.6. The van der Waals surface area contributed by atoms with E-state index in [0.717, 1.165) is 77.0 Å². The molecule has 20 unspecified atom stereocenters. The first-order chi connectivity index (χ1) is 43.8. The molecule has 4 fully saturated rings. The summed E-state index contributed by atoms with van der Waals surface area (Å²) in [5.74, 6) is 1.77. The molecule has 97 heavy (non-hydrogen) atoms. The van der Waals surface area contributed by atoms with E-state index in [2.05, 4.69) is 55.4 Å². The Morgan fingerprint density at radius 1 is 0.289 bits per heavy atom. The second-order valence-corrected chi connectivity index (χ2v) is 26.5. The summed E-state index contributed by atoms with van der Waals surface area (Å²) >= 11 is 0. The lowest BCUT2D eigenvalue weighted by atomic mass is 9.74. The van der Waals surface area contributed by atoms with E-state index >= 15 is 0 Å². The Morgan fingerprint density at radius 3 is 0.588 bits per heavy atom. The van der Waals surface area contributed by atoms with Crippen molar-refractivity contribution < 1.29 is 120 Å². The number of hydrogen-bond donors (Lipinski definition) is 16. The van der Waals surface area contributed by atoms with Gasteiger partial charge in [-0.1, -0.05) is 143 Å². The highest BCUT2D eigenvalue weighted by molar-refractivity contribution is 5.99. The maximum Gasteiger partial charge on any atom is 0.161 e. The minimum Gasteiger partial charge on any atom is -0.394 e. The van der Waals surface area contributed by atoms with Gasteiger partial charge in [-0.05, 0) is 98.7 Å². The van der Waals surface area contributed by atoms with Gasteiger partial charge >= 0.3 is 0 Å². The fraction of sp³-hybridized carbons (Fsp3) is 0.836. The predicted molar refractivity (Wildman–Crippen MR) is 368 cm³/mol. The first-order valence-electron chi connectivity index (χ1n) is 34.0. The SMILES string of the molecule is C.C.C.C.C.CCC[C@@H]1CC(=O)C(C2OC(CO)C(O)C(O)C2O)=C[C@@H]1CC.CCC[C@@H]1CC(=O)C(C2OC(CO)C(O)C(O)C2O)=C[C@H]1CC.CCC[C@H]1CC(=O)C(C2OC(CO)C(O)C(O)C2O)=C[C@@H]1CC.CCC[C@H]1CC(=O)C(C2OC(CO)C(O)C(O)C2O)=C[C@H]1CC. The molecule has 16 N–H and O–H groups in total. The van der Waals surface area contributed by atoms with Crippen molar-refractivity contribution in [3.05, 3.63) is 46.6 Å². The monoisotopic (exact) mass is 1390 g/mol. The number of ketones is 4. The standard InChI is InChI=1S/4C17H28O6.5CH4/c4*1-3-5-10-7-12(19)11(6-9(10)4-2)17-16(22)15(21)14(20)13(8-18)23-17;;;;;/h4*6,9-10,13-18,20-22H,3-5,7-8H2,1-2H3;5*1H4/t2*9-,10+,13?,14?,15?,16?,17?;2*9-,10-,13?,14?,15?,16?,17?;;;;;/m1010...../s1. The number of allylic oxidation sites excluding steroid dienone is 4. The van der Waals surface area contributed by atoms with Gasteiger partial charge in [0.05, 0.1) is 26.4 Å². The van der Waals surface area contributed by atoms with E-state index < -0.39 is 149 Å². The van der Waals surface area contributed by atoms with Crippen LogP contribution in [0.2, 0.25) is 0 Å². The summed E-state index contributed by atoms with van der Waals surface area (Å²) in [5.41, 5.74) is 1.45. The average molecular weight is 1390 g/mol. The number of rotatable bonds is 20. The van der Waals surface area contributed by atoms with E-state index in [4.69, 9.17) is 18.9 Å². The zero-order valence-electron chi connectivity index (χ0n) is 55.0. The van der Waals surface area contributed by atoms with Crippen LogP contribution in [0.1, 0.15) is 195 Å². The molecule has 568 valence electrons. The molecule has 4 heterocycles. The molecule has 0 radical (unpaired) electrons. The minimum absolute atomic E-state index is 0. The Hall–Kier alpha value is -3.16. The largest absolute Gasteiger partial charge is 0.394 e. The highest BCUT2D eigenvalue weighted by Crippen LogP contribution is 2.42. The second kappa shape index (κ2) is 44.4. The van der Waals surface area contributed by atoms with Gasteiger partial charge < -0.3 is 101 Å². The third kappa shape index (κ3) is 22.4. The van der Waals surface area contributed by atoms with E-state index in [1.165, 1.54) is 0 Å². The second-order valence-electron chi connectivity index (χ2n) is 26.5. The summed E-state index contributed by atoms with van der Waals surface area (Å²) < 4.78 is 22.1. The maximum absolute atomic E-state index is 12.5. The Bertz CT molecular complexity index is 2120. The molecule has 0 spiro atoms. The zero-order valence-corrected chi connectivity index (χ0v) is 55.0. The summed E-state index contributed by atoms with van der Waals surface area (Å²) in [5, 5.41) is 157. The average Bonchev–Trinajstić information content (AvgIpc) is 0.803. The van der Waals surface area contributed by atoms with Gasteiger partial charge in [0.25, 0.3) is 0 Å². The lowest BCUT2D eigenvalue weighted by molar-refractivity contribution is -0.220. The van der Waals surface area contributed by atoms with Gasteiger partial charge in [0.15, 0.2) is 23.1 Å². The van der Waals surface area contributed by atoms with Crippen LogP contribution in [-0.2, 0) is 38.1 Å². The van der Waals surface area contributed by atoms with E-state index in [0.29, 0.717) is 71.6 Å². The molecule has 0 aromatic carbocycles. The molecule has 4 saturated heterocycles. The van der Waals surface area contributed by atoms with Crippen molar-refractivity contribution in [2.24, 2.45) is 47.3 Å². The normalized spacial score (nSPS) is 39.6. The van der Waals surface area contributed by atoms with Gasteiger partial charge in [-0.2, -0.15) is 0 Å².